The number of carbonyl (C=O) groups excluding carboxylic acids is 1. The number of rotatable bonds is 13. The predicted molar refractivity (Wildman–Crippen MR) is 120 cm³/mol. The molecule has 0 fully saturated rings. The highest BCUT2D eigenvalue weighted by molar-refractivity contribution is 6.01. The van der Waals surface area contributed by atoms with Gasteiger partial charge >= 0.3 is 5.97 Å². The number of aliphatic carboxylic acids is 1. The van der Waals surface area contributed by atoms with Crippen LogP contribution in [0.2, 0.25) is 0 Å². The number of fused-ring (bicyclic) bond motifs is 1. The van der Waals surface area contributed by atoms with Gasteiger partial charge in [0.15, 0.2) is 5.78 Å². The van der Waals surface area contributed by atoms with Gasteiger partial charge in [-0.3, -0.25) is 9.59 Å². The average molecular weight is 425 g/mol. The summed E-state index contributed by atoms with van der Waals surface area (Å²) in [5.41, 5.74) is 4.23. The lowest BCUT2D eigenvalue weighted by Gasteiger charge is -2.15. The molecule has 0 aromatic heterocycles. The molecule has 0 unspecified atom stereocenters. The minimum atomic E-state index is -0.799. The van der Waals surface area contributed by atoms with Gasteiger partial charge in [0.25, 0.3) is 0 Å². The molecule has 2 aromatic carbocycles. The minimum Gasteiger partial charge on any atom is -0.493 e. The Bertz CT molecular complexity index is 903. The molecule has 1 aliphatic rings. The second-order valence-corrected chi connectivity index (χ2v) is 8.00. The molecule has 0 saturated heterocycles. The number of benzene rings is 2. The molecule has 5 heteroatoms. The number of unbranched alkanes of at least 4 members (excludes halogenated alkanes) is 2. The van der Waals surface area contributed by atoms with Gasteiger partial charge in [-0.15, -0.1) is 0 Å². The van der Waals surface area contributed by atoms with Crippen molar-refractivity contribution in [3.63, 3.8) is 0 Å². The lowest BCUT2D eigenvalue weighted by Crippen LogP contribution is -2.05. The maximum Gasteiger partial charge on any atom is 0.303 e. The molecule has 0 aliphatic heterocycles. The van der Waals surface area contributed by atoms with E-state index in [1.165, 1.54) is 11.1 Å². The summed E-state index contributed by atoms with van der Waals surface area (Å²) in [6.45, 7) is 3.41. The Balaban J connectivity index is 1.41. The van der Waals surface area contributed by atoms with E-state index < -0.39 is 5.97 Å². The standard InChI is InChI=1S/C26H32O5/c1-2-8-22-20-12-14-23(27)21(20)13-15-25(22)31-18-7-3-6-17-30-24-10-5-4-9-19(24)11-16-26(28)29/h4-5,9-10,13,15H,2-3,6-8,11-12,14,16-18H2,1H3,(H,28,29). The van der Waals surface area contributed by atoms with E-state index in [9.17, 15) is 9.59 Å². The van der Waals surface area contributed by atoms with Gasteiger partial charge in [-0.1, -0.05) is 31.5 Å². The van der Waals surface area contributed by atoms with Gasteiger partial charge < -0.3 is 14.6 Å². The number of hydrogen-bond donors (Lipinski definition) is 1. The molecule has 5 nitrogen and oxygen atoms in total. The molecule has 1 N–H and O–H groups in total. The quantitative estimate of drug-likeness (QED) is 0.435. The van der Waals surface area contributed by atoms with Gasteiger partial charge in [0.05, 0.1) is 13.2 Å². The molecule has 2 aromatic rings. The molecule has 1 aliphatic carbocycles. The predicted octanol–water partition coefficient (Wildman–Crippen LogP) is 5.41. The Labute approximate surface area is 184 Å². The average Bonchev–Trinajstić information content (AvgIpc) is 3.14. The van der Waals surface area contributed by atoms with Crippen molar-refractivity contribution in [3.8, 4) is 11.5 Å². The molecule has 0 heterocycles. The van der Waals surface area contributed by atoms with Gasteiger partial charge in [-0.25, -0.2) is 0 Å². The number of aryl methyl sites for hydroxylation is 1. The van der Waals surface area contributed by atoms with E-state index in [-0.39, 0.29) is 12.2 Å². The molecular formula is C26H32O5. The van der Waals surface area contributed by atoms with Crippen molar-refractivity contribution in [2.75, 3.05) is 13.2 Å². The molecular weight excluding hydrogens is 392 g/mol. The maximum absolute atomic E-state index is 12.0. The summed E-state index contributed by atoms with van der Waals surface area (Å²) >= 11 is 0. The van der Waals surface area contributed by atoms with E-state index in [1.807, 2.05) is 36.4 Å². The van der Waals surface area contributed by atoms with Crippen LogP contribution in [0.3, 0.4) is 0 Å². The van der Waals surface area contributed by atoms with Crippen molar-refractivity contribution in [1.82, 2.24) is 0 Å². The molecule has 3 rings (SSSR count). The number of carboxylic acids is 1. The van der Waals surface area contributed by atoms with E-state index in [4.69, 9.17) is 14.6 Å². The van der Waals surface area contributed by atoms with Crippen LogP contribution in [0.5, 0.6) is 11.5 Å². The van der Waals surface area contributed by atoms with Gasteiger partial charge in [0.2, 0.25) is 0 Å². The Morgan fingerprint density at radius 2 is 1.68 bits per heavy atom. The lowest BCUT2D eigenvalue weighted by molar-refractivity contribution is -0.136. The Morgan fingerprint density at radius 3 is 2.42 bits per heavy atom. The highest BCUT2D eigenvalue weighted by Crippen LogP contribution is 2.33. The topological polar surface area (TPSA) is 72.8 Å². The third-order valence-corrected chi connectivity index (χ3v) is 5.68. The van der Waals surface area contributed by atoms with Crippen LogP contribution in [0.1, 0.15) is 72.5 Å². The van der Waals surface area contributed by atoms with Crippen molar-refractivity contribution in [2.24, 2.45) is 0 Å². The number of carbonyl (C=O) groups is 2. The zero-order valence-electron chi connectivity index (χ0n) is 18.3. The van der Waals surface area contributed by atoms with Crippen molar-refractivity contribution in [1.29, 1.82) is 0 Å². The first-order valence-electron chi connectivity index (χ1n) is 11.3. The zero-order valence-corrected chi connectivity index (χ0v) is 18.3. The fourth-order valence-electron chi connectivity index (χ4n) is 4.09. The van der Waals surface area contributed by atoms with E-state index in [0.29, 0.717) is 26.1 Å². The highest BCUT2D eigenvalue weighted by Gasteiger charge is 2.24. The molecule has 0 amide bonds. The number of ketones is 1. The van der Waals surface area contributed by atoms with Crippen LogP contribution in [0.15, 0.2) is 36.4 Å². The van der Waals surface area contributed by atoms with Gasteiger partial charge in [0, 0.05) is 18.4 Å². The van der Waals surface area contributed by atoms with Crippen molar-refractivity contribution < 1.29 is 24.2 Å². The van der Waals surface area contributed by atoms with Crippen molar-refractivity contribution in [3.05, 3.63) is 58.7 Å². The Morgan fingerprint density at radius 1 is 0.935 bits per heavy atom. The molecule has 0 saturated carbocycles. The largest absolute Gasteiger partial charge is 0.493 e. The lowest BCUT2D eigenvalue weighted by atomic mass is 9.98. The first-order valence-corrected chi connectivity index (χ1v) is 11.3. The fraction of sp³-hybridized carbons (Fsp3) is 0.462. The second kappa shape index (κ2) is 11.5. The van der Waals surface area contributed by atoms with Gasteiger partial charge in [-0.05, 0) is 73.4 Å². The number of ether oxygens (including phenoxy) is 2. The monoisotopic (exact) mass is 424 g/mol. The van der Waals surface area contributed by atoms with Crippen LogP contribution >= 0.6 is 0 Å². The molecule has 0 spiro atoms. The van der Waals surface area contributed by atoms with Crippen LogP contribution in [0.25, 0.3) is 0 Å². The summed E-state index contributed by atoms with van der Waals surface area (Å²) in [7, 11) is 0. The summed E-state index contributed by atoms with van der Waals surface area (Å²) in [5, 5.41) is 8.88. The number of carboxylic acid groups (broad SMARTS) is 1. The molecule has 0 radical (unpaired) electrons. The maximum atomic E-state index is 12.0. The van der Waals surface area contributed by atoms with Crippen LogP contribution < -0.4 is 9.47 Å². The van der Waals surface area contributed by atoms with Gasteiger partial charge in [-0.2, -0.15) is 0 Å². The summed E-state index contributed by atoms with van der Waals surface area (Å²) in [4.78, 5) is 22.8. The normalized spacial score (nSPS) is 12.6. The molecule has 0 bridgehead atoms. The van der Waals surface area contributed by atoms with Crippen LogP contribution in [0.4, 0.5) is 0 Å². The first kappa shape index (κ1) is 22.9. The third-order valence-electron chi connectivity index (χ3n) is 5.68. The van der Waals surface area contributed by atoms with E-state index >= 15 is 0 Å². The van der Waals surface area contributed by atoms with Crippen molar-refractivity contribution in [2.45, 2.75) is 64.7 Å². The summed E-state index contributed by atoms with van der Waals surface area (Å²) in [5.74, 6) is 1.16. The second-order valence-electron chi connectivity index (χ2n) is 8.00. The number of Topliss-reactive ketones (excluding diaryl/α,β-unsaturated/α-hetero) is 1. The fourth-order valence-corrected chi connectivity index (χ4v) is 4.09. The van der Waals surface area contributed by atoms with E-state index in [2.05, 4.69) is 6.92 Å². The molecule has 166 valence electrons. The summed E-state index contributed by atoms with van der Waals surface area (Å²) in [6, 6.07) is 11.5. The minimum absolute atomic E-state index is 0.106. The summed E-state index contributed by atoms with van der Waals surface area (Å²) < 4.78 is 12.0. The molecule has 0 atom stereocenters. The van der Waals surface area contributed by atoms with Crippen LogP contribution in [-0.2, 0) is 24.1 Å². The zero-order chi connectivity index (χ0) is 22.1. The first-order chi connectivity index (χ1) is 15.1. The number of hydrogen-bond acceptors (Lipinski definition) is 4. The highest BCUT2D eigenvalue weighted by atomic mass is 16.5. The van der Waals surface area contributed by atoms with Crippen LogP contribution in [-0.4, -0.2) is 30.1 Å². The third kappa shape index (κ3) is 6.33. The van der Waals surface area contributed by atoms with Crippen molar-refractivity contribution >= 4 is 11.8 Å². The van der Waals surface area contributed by atoms with E-state index in [0.717, 1.165) is 61.2 Å². The number of para-hydroxylation sites is 1. The van der Waals surface area contributed by atoms with Crippen LogP contribution in [0, 0.1) is 0 Å². The smallest absolute Gasteiger partial charge is 0.303 e. The molecule has 31 heavy (non-hydrogen) atoms. The van der Waals surface area contributed by atoms with E-state index in [1.54, 1.807) is 0 Å². The Hall–Kier alpha value is -2.82. The Kier molecular flexibility index (Phi) is 8.51. The SMILES string of the molecule is CCCc1c(OCCCCCOc2ccccc2CCC(=O)O)ccc2c1CCC2=O. The summed E-state index contributed by atoms with van der Waals surface area (Å²) in [6.07, 6.45) is 6.86. The van der Waals surface area contributed by atoms with Gasteiger partial charge in [0.1, 0.15) is 11.5 Å².